The van der Waals surface area contributed by atoms with E-state index in [4.69, 9.17) is 0 Å². The van der Waals surface area contributed by atoms with Crippen LogP contribution in [-0.4, -0.2) is 18.4 Å². The lowest BCUT2D eigenvalue weighted by Gasteiger charge is -2.55. The van der Waals surface area contributed by atoms with E-state index < -0.39 is 0 Å². The van der Waals surface area contributed by atoms with Gasteiger partial charge in [-0.2, -0.15) is 0 Å². The predicted octanol–water partition coefficient (Wildman–Crippen LogP) is 4.37. The summed E-state index contributed by atoms with van der Waals surface area (Å²) in [6.07, 6.45) is 9.21. The van der Waals surface area contributed by atoms with Crippen molar-refractivity contribution in [3.8, 4) is 0 Å². The number of unbranched alkanes of at least 4 members (excludes halogenated alkanes) is 1. The summed E-state index contributed by atoms with van der Waals surface area (Å²) in [5.41, 5.74) is 1.20. The summed E-state index contributed by atoms with van der Waals surface area (Å²) in [6.45, 7) is 2.80. The Labute approximate surface area is 156 Å². The van der Waals surface area contributed by atoms with Crippen molar-refractivity contribution in [2.24, 2.45) is 23.2 Å². The van der Waals surface area contributed by atoms with Crippen molar-refractivity contribution in [3.63, 3.8) is 0 Å². The quantitative estimate of drug-likeness (QED) is 0.745. The van der Waals surface area contributed by atoms with Crippen LogP contribution in [0.4, 0.5) is 5.69 Å². The van der Waals surface area contributed by atoms with E-state index in [-0.39, 0.29) is 17.2 Å². The molecule has 4 bridgehead atoms. The molecule has 4 nitrogen and oxygen atoms in total. The van der Waals surface area contributed by atoms with Crippen molar-refractivity contribution >= 4 is 17.5 Å². The maximum absolute atomic E-state index is 13.1. The highest BCUT2D eigenvalue weighted by atomic mass is 16.2. The molecule has 140 valence electrons. The van der Waals surface area contributed by atoms with E-state index in [2.05, 4.69) is 17.6 Å². The normalized spacial score (nSPS) is 31.7. The molecule has 26 heavy (non-hydrogen) atoms. The smallest absolute Gasteiger partial charge is 0.251 e. The lowest BCUT2D eigenvalue weighted by Crippen LogP contribution is -2.51. The minimum Gasteiger partial charge on any atom is -0.352 e. The Morgan fingerprint density at radius 2 is 1.73 bits per heavy atom. The third-order valence-corrected chi connectivity index (χ3v) is 6.72. The Hall–Kier alpha value is -1.84. The molecule has 0 unspecified atom stereocenters. The second-order valence-corrected chi connectivity index (χ2v) is 8.84. The van der Waals surface area contributed by atoms with Gasteiger partial charge in [-0.1, -0.05) is 19.4 Å². The number of carbonyl (C=O) groups is 2. The monoisotopic (exact) mass is 354 g/mol. The molecular weight excluding hydrogens is 324 g/mol. The number of nitrogens with one attached hydrogen (secondary N) is 2. The van der Waals surface area contributed by atoms with Crippen molar-refractivity contribution in [3.05, 3.63) is 29.8 Å². The molecule has 0 spiro atoms. The van der Waals surface area contributed by atoms with Gasteiger partial charge in [-0.25, -0.2) is 0 Å². The Morgan fingerprint density at radius 1 is 1.08 bits per heavy atom. The van der Waals surface area contributed by atoms with E-state index >= 15 is 0 Å². The van der Waals surface area contributed by atoms with Crippen LogP contribution in [0.2, 0.25) is 0 Å². The Bertz CT molecular complexity index is 662. The van der Waals surface area contributed by atoms with E-state index in [0.29, 0.717) is 12.1 Å². The summed E-state index contributed by atoms with van der Waals surface area (Å²) in [4.78, 5) is 25.4. The van der Waals surface area contributed by atoms with Gasteiger partial charge in [-0.15, -0.1) is 0 Å². The molecule has 0 radical (unpaired) electrons. The predicted molar refractivity (Wildman–Crippen MR) is 103 cm³/mol. The highest BCUT2D eigenvalue weighted by Gasteiger charge is 2.54. The number of carbonyl (C=O) groups excluding carboxylic acids is 2. The van der Waals surface area contributed by atoms with Crippen LogP contribution in [0.3, 0.4) is 0 Å². The molecule has 1 aromatic rings. The van der Waals surface area contributed by atoms with Crippen molar-refractivity contribution in [2.45, 2.75) is 58.3 Å². The van der Waals surface area contributed by atoms with Crippen molar-refractivity contribution < 1.29 is 9.59 Å². The number of benzene rings is 1. The lowest BCUT2D eigenvalue weighted by molar-refractivity contribution is -0.140. The first-order valence-electron chi connectivity index (χ1n) is 10.3. The fourth-order valence-corrected chi connectivity index (χ4v) is 5.87. The zero-order valence-electron chi connectivity index (χ0n) is 15.7. The molecule has 4 heteroatoms. The summed E-state index contributed by atoms with van der Waals surface area (Å²) < 4.78 is 0. The summed E-state index contributed by atoms with van der Waals surface area (Å²) in [6, 6.07) is 7.35. The molecule has 4 saturated carbocycles. The van der Waals surface area contributed by atoms with Crippen LogP contribution in [0.15, 0.2) is 24.3 Å². The van der Waals surface area contributed by atoms with E-state index in [1.165, 1.54) is 19.3 Å². The van der Waals surface area contributed by atoms with Crippen molar-refractivity contribution in [1.82, 2.24) is 5.32 Å². The second kappa shape index (κ2) is 7.05. The van der Waals surface area contributed by atoms with Gasteiger partial charge in [0.15, 0.2) is 0 Å². The highest BCUT2D eigenvalue weighted by molar-refractivity contribution is 5.99. The number of amides is 2. The van der Waals surface area contributed by atoms with Crippen LogP contribution in [0, 0.1) is 23.2 Å². The van der Waals surface area contributed by atoms with Gasteiger partial charge in [-0.05, 0) is 80.9 Å². The molecule has 2 N–H and O–H groups in total. The van der Waals surface area contributed by atoms with E-state index in [1.54, 1.807) is 6.07 Å². The molecule has 2 amide bonds. The summed E-state index contributed by atoms with van der Waals surface area (Å²) >= 11 is 0. The summed E-state index contributed by atoms with van der Waals surface area (Å²) in [7, 11) is 0. The van der Waals surface area contributed by atoms with Gasteiger partial charge in [0, 0.05) is 17.8 Å². The van der Waals surface area contributed by atoms with E-state index in [0.717, 1.165) is 55.5 Å². The molecule has 0 saturated heterocycles. The fourth-order valence-electron chi connectivity index (χ4n) is 5.87. The molecule has 5 rings (SSSR count). The molecule has 0 atom stereocenters. The summed E-state index contributed by atoms with van der Waals surface area (Å²) in [5.74, 6) is 2.37. The largest absolute Gasteiger partial charge is 0.352 e. The van der Waals surface area contributed by atoms with E-state index in [9.17, 15) is 9.59 Å². The first-order chi connectivity index (χ1) is 12.6. The van der Waals surface area contributed by atoms with Gasteiger partial charge in [0.25, 0.3) is 5.91 Å². The maximum Gasteiger partial charge on any atom is 0.251 e. The second-order valence-electron chi connectivity index (χ2n) is 8.84. The maximum atomic E-state index is 13.1. The fraction of sp³-hybridized carbons (Fsp3) is 0.636. The average Bonchev–Trinajstić information content (AvgIpc) is 2.61. The standard InChI is InChI=1S/C22H30N2O2/c1-2-3-7-23-20(25)18-5-4-6-19(11-18)24-21(26)22-12-15-8-16(13-22)10-17(9-15)14-22/h4-6,11,15-17H,2-3,7-10,12-14H2,1H3,(H,23,25)(H,24,26). The topological polar surface area (TPSA) is 58.2 Å². The van der Waals surface area contributed by atoms with Gasteiger partial charge in [-0.3, -0.25) is 9.59 Å². The molecule has 4 aliphatic rings. The minimum atomic E-state index is -0.159. The van der Waals surface area contributed by atoms with Crippen LogP contribution < -0.4 is 10.6 Å². The summed E-state index contributed by atoms with van der Waals surface area (Å²) in [5, 5.41) is 6.08. The molecule has 1 aromatic carbocycles. The molecular formula is C22H30N2O2. The van der Waals surface area contributed by atoms with Gasteiger partial charge in [0.2, 0.25) is 5.91 Å². The number of rotatable bonds is 6. The van der Waals surface area contributed by atoms with Gasteiger partial charge < -0.3 is 10.6 Å². The molecule has 4 aliphatic carbocycles. The SMILES string of the molecule is CCCCNC(=O)c1cccc(NC(=O)C23CC4CC(CC(C4)C2)C3)c1. The Balaban J connectivity index is 1.43. The van der Waals surface area contributed by atoms with Crippen molar-refractivity contribution in [1.29, 1.82) is 0 Å². The number of hydrogen-bond donors (Lipinski definition) is 2. The Kier molecular flexibility index (Phi) is 4.76. The van der Waals surface area contributed by atoms with Crippen LogP contribution in [0.1, 0.15) is 68.6 Å². The van der Waals surface area contributed by atoms with E-state index in [1.807, 2.05) is 18.2 Å². The molecule has 0 aromatic heterocycles. The first kappa shape index (κ1) is 17.6. The van der Waals surface area contributed by atoms with Crippen LogP contribution in [-0.2, 0) is 4.79 Å². The van der Waals surface area contributed by atoms with Gasteiger partial charge in [0.05, 0.1) is 5.41 Å². The zero-order chi connectivity index (χ0) is 18.1. The van der Waals surface area contributed by atoms with Crippen LogP contribution in [0.5, 0.6) is 0 Å². The third kappa shape index (κ3) is 3.38. The Morgan fingerprint density at radius 3 is 2.35 bits per heavy atom. The number of anilines is 1. The van der Waals surface area contributed by atoms with Crippen LogP contribution >= 0.6 is 0 Å². The minimum absolute atomic E-state index is 0.0654. The van der Waals surface area contributed by atoms with Crippen LogP contribution in [0.25, 0.3) is 0 Å². The molecule has 4 fully saturated rings. The molecule has 0 heterocycles. The average molecular weight is 354 g/mol. The third-order valence-electron chi connectivity index (χ3n) is 6.72. The molecule has 0 aliphatic heterocycles. The van der Waals surface area contributed by atoms with Gasteiger partial charge >= 0.3 is 0 Å². The van der Waals surface area contributed by atoms with Gasteiger partial charge in [0.1, 0.15) is 0 Å². The van der Waals surface area contributed by atoms with Crippen molar-refractivity contribution in [2.75, 3.05) is 11.9 Å². The highest BCUT2D eigenvalue weighted by Crippen LogP contribution is 2.60. The lowest BCUT2D eigenvalue weighted by atomic mass is 9.49. The first-order valence-corrected chi connectivity index (χ1v) is 10.3. The number of hydrogen-bond acceptors (Lipinski definition) is 2. The zero-order valence-corrected chi connectivity index (χ0v) is 15.7.